The third-order valence-corrected chi connectivity index (χ3v) is 12.5. The van der Waals surface area contributed by atoms with E-state index in [4.69, 9.17) is 28.8 Å². The molecule has 0 spiro atoms. The quantitative estimate of drug-likeness (QED) is 0.0795. The van der Waals surface area contributed by atoms with Gasteiger partial charge in [0, 0.05) is 0 Å². The first-order valence-electron chi connectivity index (χ1n) is 18.3. The number of nitrogens with zero attached hydrogens (tertiary/aromatic N) is 2. The number of hydrogen-bond acceptors (Lipinski definition) is 11. The number of hydrogen-bond donors (Lipinski definition) is 1. The molecule has 0 unspecified atom stereocenters. The first kappa shape index (κ1) is 50.0. The molecular formula is C43H58N2O12S2. The summed E-state index contributed by atoms with van der Waals surface area (Å²) in [4.78, 5) is 22.9. The molecule has 16 heteroatoms. The van der Waals surface area contributed by atoms with E-state index >= 15 is 0 Å². The Kier molecular flexibility index (Phi) is 18.9. The Hall–Kier alpha value is -5.16. The minimum atomic E-state index is -3.89. The van der Waals surface area contributed by atoms with Crippen molar-refractivity contribution in [2.45, 2.75) is 71.3 Å². The largest absolute Gasteiger partial charge is 0.497 e. The molecule has 0 atom stereocenters. The molecule has 0 aromatic heterocycles. The van der Waals surface area contributed by atoms with Crippen molar-refractivity contribution in [2.75, 3.05) is 62.3 Å². The fraction of sp³-hybridized carbons (Fsp3) is 0.395. The van der Waals surface area contributed by atoms with Crippen molar-refractivity contribution in [3.05, 3.63) is 107 Å². The van der Waals surface area contributed by atoms with Gasteiger partial charge >= 0.3 is 11.9 Å². The highest BCUT2D eigenvalue weighted by atomic mass is 32.2. The molecule has 0 radical (unpaired) electrons. The molecule has 0 saturated heterocycles. The Morgan fingerprint density at radius 3 is 1.25 bits per heavy atom. The van der Waals surface area contributed by atoms with Crippen LogP contribution in [0.3, 0.4) is 0 Å². The van der Waals surface area contributed by atoms with Gasteiger partial charge in [-0.05, 0) is 119 Å². The normalized spacial score (nSPS) is 11.3. The van der Waals surface area contributed by atoms with Crippen LogP contribution in [-0.4, -0.2) is 93.2 Å². The number of anilines is 2. The lowest BCUT2D eigenvalue weighted by Crippen LogP contribution is -2.35. The first-order chi connectivity index (χ1) is 27.2. The summed E-state index contributed by atoms with van der Waals surface area (Å²) < 4.78 is 82.8. The van der Waals surface area contributed by atoms with Crippen molar-refractivity contribution < 1.29 is 55.2 Å². The fourth-order valence-electron chi connectivity index (χ4n) is 6.04. The van der Waals surface area contributed by atoms with Crippen LogP contribution in [-0.2, 0) is 43.8 Å². The smallest absolute Gasteiger partial charge is 0.332 e. The van der Waals surface area contributed by atoms with E-state index in [9.17, 15) is 26.4 Å². The number of carboxylic acids is 1. The summed E-state index contributed by atoms with van der Waals surface area (Å²) in [5.41, 5.74) is 2.70. The van der Waals surface area contributed by atoms with E-state index in [2.05, 4.69) is 0 Å². The lowest BCUT2D eigenvalue weighted by molar-refractivity contribution is -0.160. The summed E-state index contributed by atoms with van der Waals surface area (Å²) in [5, 5.41) is 8.69. The summed E-state index contributed by atoms with van der Waals surface area (Å²) in [7, 11) is -4.71. The number of aryl methyl sites for hydroxylation is 4. The van der Waals surface area contributed by atoms with Crippen LogP contribution in [0.4, 0.5) is 11.4 Å². The molecule has 0 heterocycles. The molecule has 0 aliphatic carbocycles. The van der Waals surface area contributed by atoms with Crippen LogP contribution in [0.25, 0.3) is 0 Å². The van der Waals surface area contributed by atoms with Crippen molar-refractivity contribution in [3.63, 3.8) is 0 Å². The average Bonchev–Trinajstić information content (AvgIpc) is 3.13. The second-order valence-corrected chi connectivity index (χ2v) is 17.7. The minimum Gasteiger partial charge on any atom is -0.497 e. The predicted octanol–water partition coefficient (Wildman–Crippen LogP) is 7.11. The zero-order valence-electron chi connectivity index (χ0n) is 34.5. The second-order valence-electron chi connectivity index (χ2n) is 14.1. The van der Waals surface area contributed by atoms with Gasteiger partial charge in [-0.1, -0.05) is 43.8 Å². The number of carbonyl (C=O) groups excluding carboxylic acids is 1. The van der Waals surface area contributed by atoms with Gasteiger partial charge < -0.3 is 28.8 Å². The molecule has 1 N–H and O–H groups in total. The van der Waals surface area contributed by atoms with Crippen LogP contribution < -0.4 is 18.1 Å². The van der Waals surface area contributed by atoms with E-state index < -0.39 is 44.2 Å². The molecule has 14 nitrogen and oxygen atoms in total. The number of esters is 1. The third-order valence-electron chi connectivity index (χ3n) is 8.27. The topological polar surface area (TPSA) is 175 Å². The molecule has 0 bridgehead atoms. The van der Waals surface area contributed by atoms with Gasteiger partial charge in [0.05, 0.1) is 61.7 Å². The number of methoxy groups -OCH3 is 2. The molecule has 0 aliphatic rings. The van der Waals surface area contributed by atoms with Gasteiger partial charge in [0.25, 0.3) is 20.0 Å². The average molecular weight is 859 g/mol. The van der Waals surface area contributed by atoms with Gasteiger partial charge in [-0.15, -0.1) is 0 Å². The molecule has 4 aromatic carbocycles. The van der Waals surface area contributed by atoms with Gasteiger partial charge in [0.2, 0.25) is 0 Å². The maximum absolute atomic E-state index is 13.6. The zero-order chi connectivity index (χ0) is 43.3. The maximum atomic E-state index is 13.6. The molecule has 0 amide bonds. The Labute approximate surface area is 349 Å². The van der Waals surface area contributed by atoms with E-state index in [1.165, 1.54) is 15.7 Å². The maximum Gasteiger partial charge on any atom is 0.332 e. The highest BCUT2D eigenvalue weighted by Crippen LogP contribution is 2.32. The number of carbonyl (C=O) groups is 2. The van der Waals surface area contributed by atoms with Crippen molar-refractivity contribution in [1.82, 2.24) is 0 Å². The Balaban J connectivity index is 0.000000404. The fourth-order valence-corrected chi connectivity index (χ4v) is 9.77. The van der Waals surface area contributed by atoms with Gasteiger partial charge in [-0.25, -0.2) is 26.4 Å². The lowest BCUT2D eigenvalue weighted by atomic mass is 10.1. The van der Waals surface area contributed by atoms with Crippen molar-refractivity contribution >= 4 is 43.4 Å². The Morgan fingerprint density at radius 2 is 0.949 bits per heavy atom. The monoisotopic (exact) mass is 858 g/mol. The minimum absolute atomic E-state index is 0. The van der Waals surface area contributed by atoms with Gasteiger partial charge in [-0.3, -0.25) is 8.61 Å². The molecule has 4 rings (SSSR count). The van der Waals surface area contributed by atoms with Crippen LogP contribution in [0.5, 0.6) is 11.5 Å². The van der Waals surface area contributed by atoms with Crippen LogP contribution in [0.15, 0.2) is 94.7 Å². The summed E-state index contributed by atoms with van der Waals surface area (Å²) in [5.74, 6) is -0.421. The standard InChI is InChI=1S/C23H31NO6S.C19H23NO6S.CH4/c1-17-14-20(28-6)15-18(2)22(17)31(26,27)24(19-10-8-7-9-11-19)12-13-29-16-21(25)30-23(3,4)5;1-14-11-17(25-3)12-15(2)19(14)27(23,24)20(9-10-26-13-18(21)22)16-7-5-4-6-8-16;/h7-11,14-15H,12-13,16H2,1-6H3;4-8,11-12H,9-10,13H2,1-3H3,(H,21,22);1H4. The van der Waals surface area contributed by atoms with Crippen molar-refractivity contribution in [1.29, 1.82) is 0 Å². The summed E-state index contributed by atoms with van der Waals surface area (Å²) >= 11 is 0. The molecular weight excluding hydrogens is 801 g/mol. The number of para-hydroxylation sites is 2. The number of benzene rings is 4. The van der Waals surface area contributed by atoms with Crippen LogP contribution >= 0.6 is 0 Å². The van der Waals surface area contributed by atoms with E-state index in [1.807, 2.05) is 6.07 Å². The molecule has 0 fully saturated rings. The highest BCUT2D eigenvalue weighted by Gasteiger charge is 2.30. The second kappa shape index (κ2) is 22.3. The summed E-state index contributed by atoms with van der Waals surface area (Å²) in [6.07, 6.45) is 0. The third kappa shape index (κ3) is 14.3. The lowest BCUT2D eigenvalue weighted by Gasteiger charge is -2.26. The number of ether oxygens (including phenoxy) is 5. The summed E-state index contributed by atoms with van der Waals surface area (Å²) in [6, 6.07) is 24.2. The molecule has 324 valence electrons. The van der Waals surface area contributed by atoms with E-state index in [0.29, 0.717) is 45.1 Å². The van der Waals surface area contributed by atoms with Crippen LogP contribution in [0.2, 0.25) is 0 Å². The summed E-state index contributed by atoms with van der Waals surface area (Å²) in [6.45, 7) is 11.5. The van der Waals surface area contributed by atoms with Gasteiger partial charge in [-0.2, -0.15) is 0 Å². The molecule has 4 aromatic rings. The molecule has 0 aliphatic heterocycles. The molecule has 0 saturated carbocycles. The van der Waals surface area contributed by atoms with Gasteiger partial charge in [0.15, 0.2) is 0 Å². The van der Waals surface area contributed by atoms with E-state index in [0.717, 1.165) is 0 Å². The van der Waals surface area contributed by atoms with Crippen molar-refractivity contribution in [3.8, 4) is 11.5 Å². The zero-order valence-corrected chi connectivity index (χ0v) is 36.1. The van der Waals surface area contributed by atoms with Crippen LogP contribution in [0.1, 0.15) is 50.5 Å². The highest BCUT2D eigenvalue weighted by molar-refractivity contribution is 7.93. The predicted molar refractivity (Wildman–Crippen MR) is 229 cm³/mol. The van der Waals surface area contributed by atoms with E-state index in [1.54, 1.807) is 134 Å². The molecule has 59 heavy (non-hydrogen) atoms. The number of aliphatic carboxylic acids is 1. The van der Waals surface area contributed by atoms with Crippen molar-refractivity contribution in [2.24, 2.45) is 0 Å². The number of sulfonamides is 2. The Bertz CT molecular complexity index is 2160. The first-order valence-corrected chi connectivity index (χ1v) is 21.2. The van der Waals surface area contributed by atoms with Gasteiger partial charge in [0.1, 0.15) is 30.3 Å². The SMILES string of the molecule is C.COc1cc(C)c(S(=O)(=O)N(CCOCC(=O)O)c2ccccc2)c(C)c1.COc1cc(C)c(S(=O)(=O)N(CCOCC(=O)OC(C)(C)C)c2ccccc2)c(C)c1. The van der Waals surface area contributed by atoms with E-state index in [-0.39, 0.29) is 50.1 Å². The number of carboxylic acid groups (broad SMARTS) is 1. The Morgan fingerprint density at radius 1 is 0.610 bits per heavy atom. The van der Waals surface area contributed by atoms with Crippen LogP contribution in [0, 0.1) is 27.7 Å². The number of rotatable bonds is 18.